The molecule has 0 aliphatic carbocycles. The number of hydrogen-bond acceptors (Lipinski definition) is 9. The van der Waals surface area contributed by atoms with Gasteiger partial charge in [-0.2, -0.15) is 0 Å². The predicted octanol–water partition coefficient (Wildman–Crippen LogP) is -4.83. The highest BCUT2D eigenvalue weighted by atomic mass is 16.4. The molecule has 1 amide bonds. The van der Waals surface area contributed by atoms with Crippen molar-refractivity contribution in [1.82, 2.24) is 0 Å². The molecular formula is C11H22N2O10. The Kier molecular flexibility index (Phi) is 11.9. The minimum Gasteiger partial charge on any atom is -0.480 e. The lowest BCUT2D eigenvalue weighted by atomic mass is 10.0. The van der Waals surface area contributed by atoms with Crippen LogP contribution in [0.25, 0.3) is 0 Å². The van der Waals surface area contributed by atoms with Gasteiger partial charge in [-0.1, -0.05) is 0 Å². The maximum atomic E-state index is 10.1. The van der Waals surface area contributed by atoms with Crippen molar-refractivity contribution in [1.29, 1.82) is 0 Å². The van der Waals surface area contributed by atoms with Gasteiger partial charge in [-0.15, -0.1) is 0 Å². The van der Waals surface area contributed by atoms with Crippen molar-refractivity contribution in [3.05, 3.63) is 0 Å². The number of primary amides is 1. The van der Waals surface area contributed by atoms with Crippen LogP contribution in [0.3, 0.4) is 0 Å². The molecule has 0 aliphatic rings. The average Bonchev–Trinajstić information content (AvgIpc) is 2.49. The maximum absolute atomic E-state index is 10.1. The molecule has 0 rings (SSSR count). The summed E-state index contributed by atoms with van der Waals surface area (Å²) in [6, 6.07) is -0.979. The fraction of sp³-hybridized carbons (Fsp3) is 0.727. The van der Waals surface area contributed by atoms with E-state index >= 15 is 0 Å². The van der Waals surface area contributed by atoms with E-state index in [-0.39, 0.29) is 12.8 Å². The maximum Gasteiger partial charge on any atom is 0.335 e. The van der Waals surface area contributed by atoms with Crippen molar-refractivity contribution < 1.29 is 50.1 Å². The number of hydrogen-bond donors (Lipinski definition) is 9. The van der Waals surface area contributed by atoms with Crippen molar-refractivity contribution in [2.75, 3.05) is 6.61 Å². The first-order valence-electron chi connectivity index (χ1n) is 6.28. The molecular weight excluding hydrogens is 320 g/mol. The summed E-state index contributed by atoms with van der Waals surface area (Å²) in [7, 11) is 0. The molecule has 0 saturated heterocycles. The average molecular weight is 342 g/mol. The zero-order chi connectivity index (χ0) is 18.7. The third kappa shape index (κ3) is 10.5. The van der Waals surface area contributed by atoms with Crippen molar-refractivity contribution in [2.24, 2.45) is 11.5 Å². The van der Waals surface area contributed by atoms with Gasteiger partial charge >= 0.3 is 11.9 Å². The minimum atomic E-state index is -2.20. The number of carboxylic acids is 2. The number of rotatable bonds is 9. The largest absolute Gasteiger partial charge is 0.480 e. The first-order chi connectivity index (χ1) is 10.4. The van der Waals surface area contributed by atoms with Gasteiger partial charge in [0.2, 0.25) is 5.91 Å². The lowest BCUT2D eigenvalue weighted by Gasteiger charge is -2.23. The fourth-order valence-electron chi connectivity index (χ4n) is 1.09. The summed E-state index contributed by atoms with van der Waals surface area (Å²) in [5.74, 6) is -3.37. The second-order valence-electron chi connectivity index (χ2n) is 4.46. The number of aliphatic carboxylic acids is 2. The first-order valence-corrected chi connectivity index (χ1v) is 6.28. The van der Waals surface area contributed by atoms with Crippen molar-refractivity contribution >= 4 is 17.8 Å². The van der Waals surface area contributed by atoms with E-state index in [9.17, 15) is 14.4 Å². The van der Waals surface area contributed by atoms with Gasteiger partial charge in [0.15, 0.2) is 6.10 Å². The van der Waals surface area contributed by atoms with Crippen LogP contribution in [0.4, 0.5) is 0 Å². The Hall–Kier alpha value is -1.83. The molecule has 136 valence electrons. The third-order valence-electron chi connectivity index (χ3n) is 2.53. The van der Waals surface area contributed by atoms with Crippen LogP contribution in [-0.2, 0) is 14.4 Å². The van der Waals surface area contributed by atoms with Gasteiger partial charge in [0, 0.05) is 6.42 Å². The van der Waals surface area contributed by atoms with Crippen LogP contribution in [0.5, 0.6) is 0 Å². The second-order valence-corrected chi connectivity index (χ2v) is 4.46. The number of nitrogens with two attached hydrogens (primary N) is 2. The molecule has 0 aromatic carbocycles. The SMILES string of the molecule is NC(=O)CC[C@H](N)C(=O)O.O=C(O)[C@H](O)[C@@H](O)[C@H](O)[C@H](O)CO. The van der Waals surface area contributed by atoms with E-state index in [1.54, 1.807) is 0 Å². The minimum absolute atomic E-state index is 0.0213. The summed E-state index contributed by atoms with van der Waals surface area (Å²) in [5, 5.41) is 60.0. The van der Waals surface area contributed by atoms with Crippen molar-refractivity contribution in [3.63, 3.8) is 0 Å². The van der Waals surface area contributed by atoms with Gasteiger partial charge in [0.25, 0.3) is 0 Å². The summed E-state index contributed by atoms with van der Waals surface area (Å²) in [5.41, 5.74) is 9.81. The molecule has 0 aromatic heterocycles. The van der Waals surface area contributed by atoms with Crippen LogP contribution in [0.15, 0.2) is 0 Å². The van der Waals surface area contributed by atoms with E-state index < -0.39 is 54.9 Å². The molecule has 12 nitrogen and oxygen atoms in total. The molecule has 0 fully saturated rings. The summed E-state index contributed by atoms with van der Waals surface area (Å²) in [6.07, 6.45) is -7.71. The molecule has 0 saturated carbocycles. The molecule has 0 aromatic rings. The number of aliphatic hydroxyl groups is 5. The Morgan fingerprint density at radius 2 is 1.39 bits per heavy atom. The quantitative estimate of drug-likeness (QED) is 0.192. The molecule has 0 spiro atoms. The normalized spacial score (nSPS) is 17.0. The highest BCUT2D eigenvalue weighted by molar-refractivity contribution is 5.77. The highest BCUT2D eigenvalue weighted by Crippen LogP contribution is 2.04. The van der Waals surface area contributed by atoms with Gasteiger partial charge in [0.05, 0.1) is 6.61 Å². The van der Waals surface area contributed by atoms with Gasteiger partial charge in [0.1, 0.15) is 24.4 Å². The Morgan fingerprint density at radius 1 is 0.913 bits per heavy atom. The van der Waals surface area contributed by atoms with Crippen LogP contribution >= 0.6 is 0 Å². The number of carboxylic acid groups (broad SMARTS) is 2. The van der Waals surface area contributed by atoms with Crippen LogP contribution in [0, 0.1) is 0 Å². The van der Waals surface area contributed by atoms with E-state index in [2.05, 4.69) is 0 Å². The Bertz CT molecular complexity index is 391. The third-order valence-corrected chi connectivity index (χ3v) is 2.53. The van der Waals surface area contributed by atoms with Crippen LogP contribution < -0.4 is 11.5 Å². The predicted molar refractivity (Wildman–Crippen MR) is 72.8 cm³/mol. The lowest BCUT2D eigenvalue weighted by Crippen LogP contribution is -2.48. The molecule has 0 bridgehead atoms. The monoisotopic (exact) mass is 342 g/mol. The molecule has 0 aliphatic heterocycles. The standard InChI is InChI=1S/C6H12O7.C5H10N2O3/c7-1-2(8)3(9)4(10)5(11)6(12)13;6-3(5(9)10)1-2-4(7)8/h2-5,7-11H,1H2,(H,12,13);3H,1-2,6H2,(H2,7,8)(H,9,10)/t2-,3-,4+,5-;3-/m10/s1. The zero-order valence-electron chi connectivity index (χ0n) is 12.0. The fourth-order valence-corrected chi connectivity index (χ4v) is 1.09. The molecule has 11 N–H and O–H groups in total. The van der Waals surface area contributed by atoms with Gasteiger partial charge in [-0.3, -0.25) is 9.59 Å². The Balaban J connectivity index is 0. The van der Waals surface area contributed by atoms with Gasteiger partial charge in [-0.05, 0) is 6.42 Å². The number of carbonyl (C=O) groups is 3. The van der Waals surface area contributed by atoms with E-state index in [1.807, 2.05) is 0 Å². The summed E-state index contributed by atoms with van der Waals surface area (Å²) >= 11 is 0. The zero-order valence-corrected chi connectivity index (χ0v) is 12.0. The second kappa shape index (κ2) is 11.7. The topological polar surface area (TPSA) is 245 Å². The van der Waals surface area contributed by atoms with Crippen LogP contribution in [0.1, 0.15) is 12.8 Å². The summed E-state index contributed by atoms with van der Waals surface area (Å²) < 4.78 is 0. The van der Waals surface area contributed by atoms with Crippen LogP contribution in [-0.4, -0.2) is 90.7 Å². The molecule has 5 atom stereocenters. The lowest BCUT2D eigenvalue weighted by molar-refractivity contribution is -0.164. The molecule has 0 radical (unpaired) electrons. The smallest absolute Gasteiger partial charge is 0.335 e. The molecule has 0 unspecified atom stereocenters. The molecule has 12 heteroatoms. The van der Waals surface area contributed by atoms with E-state index in [1.165, 1.54) is 0 Å². The first kappa shape index (κ1) is 23.4. The van der Waals surface area contributed by atoms with Crippen molar-refractivity contribution in [2.45, 2.75) is 43.3 Å². The number of aliphatic hydroxyl groups excluding tert-OH is 5. The summed E-state index contributed by atoms with van der Waals surface area (Å²) in [4.78, 5) is 30.2. The van der Waals surface area contributed by atoms with Crippen LogP contribution in [0.2, 0.25) is 0 Å². The highest BCUT2D eigenvalue weighted by Gasteiger charge is 2.33. The van der Waals surface area contributed by atoms with Gasteiger partial charge < -0.3 is 47.2 Å². The van der Waals surface area contributed by atoms with E-state index in [0.29, 0.717) is 0 Å². The Morgan fingerprint density at radius 3 is 1.70 bits per heavy atom. The Labute approximate surface area is 130 Å². The number of amides is 1. The number of carbonyl (C=O) groups excluding carboxylic acids is 1. The van der Waals surface area contributed by atoms with Gasteiger partial charge in [-0.25, -0.2) is 4.79 Å². The molecule has 23 heavy (non-hydrogen) atoms. The van der Waals surface area contributed by atoms with Crippen molar-refractivity contribution in [3.8, 4) is 0 Å². The van der Waals surface area contributed by atoms with E-state index in [0.717, 1.165) is 0 Å². The molecule has 0 heterocycles. The summed E-state index contributed by atoms with van der Waals surface area (Å²) in [6.45, 7) is -0.843. The van der Waals surface area contributed by atoms with E-state index in [4.69, 9.17) is 47.2 Å².